The van der Waals surface area contributed by atoms with Gasteiger partial charge >= 0.3 is 5.97 Å². The molecule has 4 nitrogen and oxygen atoms in total. The van der Waals surface area contributed by atoms with Gasteiger partial charge in [-0.3, -0.25) is 4.79 Å². The molecule has 1 rings (SSSR count). The van der Waals surface area contributed by atoms with E-state index in [1.54, 1.807) is 25.6 Å². The summed E-state index contributed by atoms with van der Waals surface area (Å²) in [5, 5.41) is 11.6. The van der Waals surface area contributed by atoms with Crippen LogP contribution in [0.15, 0.2) is 33.6 Å². The topological polar surface area (TPSA) is 66.4 Å². The Balaban J connectivity index is 2.40. The summed E-state index contributed by atoms with van der Waals surface area (Å²) in [5.74, 6) is -0.747. The van der Waals surface area contributed by atoms with E-state index >= 15 is 0 Å². The van der Waals surface area contributed by atoms with Crippen molar-refractivity contribution < 1.29 is 14.7 Å². The van der Waals surface area contributed by atoms with E-state index in [4.69, 9.17) is 5.11 Å². The second kappa shape index (κ2) is 8.32. The molecule has 0 saturated heterocycles. The third-order valence-corrected chi connectivity index (χ3v) is 4.70. The van der Waals surface area contributed by atoms with Crippen molar-refractivity contribution in [3.63, 3.8) is 0 Å². The van der Waals surface area contributed by atoms with Gasteiger partial charge < -0.3 is 10.4 Å². The summed E-state index contributed by atoms with van der Waals surface area (Å²) >= 11 is 5.01. The number of hydrogen-bond acceptors (Lipinski definition) is 3. The molecular formula is C14H18BrNO3S. The van der Waals surface area contributed by atoms with E-state index in [9.17, 15) is 9.59 Å². The van der Waals surface area contributed by atoms with E-state index in [1.807, 2.05) is 24.3 Å². The van der Waals surface area contributed by atoms with Crippen LogP contribution in [-0.2, 0) is 9.59 Å². The second-order valence-corrected chi connectivity index (χ2v) is 6.65. The lowest BCUT2D eigenvalue weighted by atomic mass is 10.0. The van der Waals surface area contributed by atoms with Gasteiger partial charge in [-0.1, -0.05) is 26.0 Å². The first-order chi connectivity index (χ1) is 9.41. The maximum Gasteiger partial charge on any atom is 0.326 e. The molecule has 0 saturated carbocycles. The van der Waals surface area contributed by atoms with Crippen molar-refractivity contribution in [3.8, 4) is 0 Å². The Bertz CT molecular complexity index is 479. The van der Waals surface area contributed by atoms with Crippen molar-refractivity contribution in [3.05, 3.63) is 28.7 Å². The molecule has 1 aromatic rings. The molecule has 0 heterocycles. The molecule has 0 aliphatic rings. The molecule has 1 amide bonds. The molecule has 20 heavy (non-hydrogen) atoms. The van der Waals surface area contributed by atoms with Gasteiger partial charge in [0.1, 0.15) is 6.04 Å². The molecule has 0 radical (unpaired) electrons. The lowest BCUT2D eigenvalue weighted by Gasteiger charge is -2.17. The fourth-order valence-corrected chi connectivity index (χ4v) is 3.09. The fourth-order valence-electron chi connectivity index (χ4n) is 1.57. The van der Waals surface area contributed by atoms with Gasteiger partial charge in [-0.15, -0.1) is 11.8 Å². The van der Waals surface area contributed by atoms with Gasteiger partial charge in [-0.05, 0) is 34.0 Å². The van der Waals surface area contributed by atoms with E-state index in [2.05, 4.69) is 21.2 Å². The van der Waals surface area contributed by atoms with Crippen LogP contribution in [0.5, 0.6) is 0 Å². The van der Waals surface area contributed by atoms with Gasteiger partial charge in [-0.2, -0.15) is 0 Å². The van der Waals surface area contributed by atoms with Crippen molar-refractivity contribution in [2.75, 3.05) is 5.75 Å². The van der Waals surface area contributed by atoms with Gasteiger partial charge in [0.25, 0.3) is 0 Å². The number of benzene rings is 1. The van der Waals surface area contributed by atoms with Crippen molar-refractivity contribution in [1.29, 1.82) is 0 Å². The highest BCUT2D eigenvalue weighted by molar-refractivity contribution is 9.10. The highest BCUT2D eigenvalue weighted by Crippen LogP contribution is 2.27. The zero-order valence-corrected chi connectivity index (χ0v) is 13.8. The van der Waals surface area contributed by atoms with Crippen LogP contribution in [0.2, 0.25) is 0 Å². The molecule has 2 N–H and O–H groups in total. The third-order valence-electron chi connectivity index (χ3n) is 2.67. The number of carboxylic acid groups (broad SMARTS) is 1. The number of carbonyl (C=O) groups is 2. The number of halogens is 1. The number of carbonyl (C=O) groups excluding carboxylic acids is 1. The lowest BCUT2D eigenvalue weighted by molar-refractivity contribution is -0.143. The van der Waals surface area contributed by atoms with Crippen LogP contribution in [0, 0.1) is 5.92 Å². The van der Waals surface area contributed by atoms with Gasteiger partial charge in [0.2, 0.25) is 5.91 Å². The predicted octanol–water partition coefficient (Wildman–Crippen LogP) is 3.16. The maximum absolute atomic E-state index is 11.7. The minimum Gasteiger partial charge on any atom is -0.480 e. The standard InChI is InChI=1S/C14H18BrNO3S/c1-9(2)13(14(18)19)16-12(17)7-8-20-11-6-4-3-5-10(11)15/h3-6,9,13H,7-8H2,1-2H3,(H,16,17)(H,18,19). The Morgan fingerprint density at radius 2 is 2.00 bits per heavy atom. The van der Waals surface area contributed by atoms with Gasteiger partial charge in [-0.25, -0.2) is 4.79 Å². The number of thioether (sulfide) groups is 1. The van der Waals surface area contributed by atoms with E-state index in [0.717, 1.165) is 9.37 Å². The quantitative estimate of drug-likeness (QED) is 0.733. The van der Waals surface area contributed by atoms with Crippen molar-refractivity contribution in [2.45, 2.75) is 31.2 Å². The molecule has 1 unspecified atom stereocenters. The number of hydrogen-bond donors (Lipinski definition) is 2. The molecule has 110 valence electrons. The van der Waals surface area contributed by atoms with Crippen LogP contribution >= 0.6 is 27.7 Å². The molecule has 6 heteroatoms. The Labute approximate surface area is 131 Å². The Hall–Kier alpha value is -1.01. The van der Waals surface area contributed by atoms with Gasteiger partial charge in [0.15, 0.2) is 0 Å². The monoisotopic (exact) mass is 359 g/mol. The Kier molecular flexibility index (Phi) is 7.09. The molecule has 0 aromatic heterocycles. The lowest BCUT2D eigenvalue weighted by Crippen LogP contribution is -2.44. The highest BCUT2D eigenvalue weighted by atomic mass is 79.9. The van der Waals surface area contributed by atoms with Crippen molar-refractivity contribution >= 4 is 39.6 Å². The number of rotatable bonds is 7. The Morgan fingerprint density at radius 1 is 1.35 bits per heavy atom. The SMILES string of the molecule is CC(C)C(NC(=O)CCSc1ccccc1Br)C(=O)O. The smallest absolute Gasteiger partial charge is 0.326 e. The van der Waals surface area contributed by atoms with Crippen molar-refractivity contribution in [2.24, 2.45) is 5.92 Å². The van der Waals surface area contributed by atoms with Crippen LogP contribution in [0.25, 0.3) is 0 Å². The number of nitrogens with one attached hydrogen (secondary N) is 1. The van der Waals surface area contributed by atoms with Crippen LogP contribution in [0.4, 0.5) is 0 Å². The predicted molar refractivity (Wildman–Crippen MR) is 83.9 cm³/mol. The zero-order chi connectivity index (χ0) is 15.1. The third kappa shape index (κ3) is 5.54. The molecular weight excluding hydrogens is 342 g/mol. The Morgan fingerprint density at radius 3 is 2.55 bits per heavy atom. The molecule has 0 spiro atoms. The largest absolute Gasteiger partial charge is 0.480 e. The molecule has 0 aliphatic carbocycles. The minimum atomic E-state index is -0.994. The molecule has 0 aliphatic heterocycles. The van der Waals surface area contributed by atoms with E-state index in [0.29, 0.717) is 12.2 Å². The summed E-state index contributed by atoms with van der Waals surface area (Å²) in [6, 6.07) is 6.96. The molecule has 0 bridgehead atoms. The van der Waals surface area contributed by atoms with Gasteiger partial charge in [0, 0.05) is 21.5 Å². The summed E-state index contributed by atoms with van der Waals surface area (Å²) in [7, 11) is 0. The van der Waals surface area contributed by atoms with Crippen LogP contribution in [0.3, 0.4) is 0 Å². The highest BCUT2D eigenvalue weighted by Gasteiger charge is 2.22. The first-order valence-electron chi connectivity index (χ1n) is 6.31. The summed E-state index contributed by atoms with van der Waals surface area (Å²) in [4.78, 5) is 23.8. The summed E-state index contributed by atoms with van der Waals surface area (Å²) in [5.41, 5.74) is 0. The maximum atomic E-state index is 11.7. The molecule has 1 aromatic carbocycles. The summed E-state index contributed by atoms with van der Waals surface area (Å²) in [6.45, 7) is 3.55. The first kappa shape index (κ1) is 17.0. The number of carboxylic acids is 1. The zero-order valence-electron chi connectivity index (χ0n) is 11.4. The molecule has 1 atom stereocenters. The van der Waals surface area contributed by atoms with E-state index in [-0.39, 0.29) is 11.8 Å². The fraction of sp³-hybridized carbons (Fsp3) is 0.429. The normalized spacial score (nSPS) is 12.2. The number of amides is 1. The van der Waals surface area contributed by atoms with Crippen LogP contribution in [-0.4, -0.2) is 28.8 Å². The second-order valence-electron chi connectivity index (χ2n) is 4.66. The van der Waals surface area contributed by atoms with Crippen LogP contribution < -0.4 is 5.32 Å². The molecule has 0 fully saturated rings. The van der Waals surface area contributed by atoms with Crippen LogP contribution in [0.1, 0.15) is 20.3 Å². The summed E-state index contributed by atoms with van der Waals surface area (Å²) < 4.78 is 0.996. The van der Waals surface area contributed by atoms with Gasteiger partial charge in [0.05, 0.1) is 0 Å². The first-order valence-corrected chi connectivity index (χ1v) is 8.09. The number of aliphatic carboxylic acids is 1. The van der Waals surface area contributed by atoms with E-state index < -0.39 is 12.0 Å². The summed E-state index contributed by atoms with van der Waals surface area (Å²) in [6.07, 6.45) is 0.294. The van der Waals surface area contributed by atoms with E-state index in [1.165, 1.54) is 0 Å². The van der Waals surface area contributed by atoms with Crippen molar-refractivity contribution in [1.82, 2.24) is 5.32 Å². The average Bonchev–Trinajstić information content (AvgIpc) is 2.37. The minimum absolute atomic E-state index is 0.132. The average molecular weight is 360 g/mol.